The number of sulfone groups is 1. The average molecular weight is 325 g/mol. The summed E-state index contributed by atoms with van der Waals surface area (Å²) in [6.07, 6.45) is 3.08. The molecule has 0 aliphatic carbocycles. The zero-order valence-corrected chi connectivity index (χ0v) is 13.9. The number of rotatable bonds is 6. The number of aliphatic imine (C=N–C) groups is 1. The molecule has 1 aromatic carbocycles. The van der Waals surface area contributed by atoms with E-state index in [0.717, 1.165) is 31.7 Å². The molecule has 0 radical (unpaired) electrons. The first-order valence-electron chi connectivity index (χ1n) is 7.35. The summed E-state index contributed by atoms with van der Waals surface area (Å²) in [5, 5.41) is 6.18. The van der Waals surface area contributed by atoms with Crippen molar-refractivity contribution >= 4 is 15.8 Å². The minimum absolute atomic E-state index is 0.0958. The second-order valence-corrected chi connectivity index (χ2v) is 7.61. The van der Waals surface area contributed by atoms with Gasteiger partial charge in [0.1, 0.15) is 15.6 Å². The van der Waals surface area contributed by atoms with Gasteiger partial charge in [-0.1, -0.05) is 12.1 Å². The Morgan fingerprint density at radius 2 is 2.09 bits per heavy atom. The molecule has 0 bridgehead atoms. The van der Waals surface area contributed by atoms with Gasteiger partial charge in [-0.05, 0) is 23.6 Å². The first-order chi connectivity index (χ1) is 10.5. The van der Waals surface area contributed by atoms with E-state index in [1.165, 1.54) is 17.4 Å². The molecule has 0 amide bonds. The van der Waals surface area contributed by atoms with Crippen LogP contribution in [-0.4, -0.2) is 53.1 Å². The SMILES string of the molecule is CN=C(NCCc1ccc2c(c1)CCO2)NCCS(C)(=O)=O. The molecule has 0 saturated heterocycles. The molecular formula is C15H23N3O3S. The Morgan fingerprint density at radius 1 is 1.32 bits per heavy atom. The summed E-state index contributed by atoms with van der Waals surface area (Å²) in [5.74, 6) is 1.71. The monoisotopic (exact) mass is 325 g/mol. The Labute approximate surface area is 131 Å². The van der Waals surface area contributed by atoms with Crippen LogP contribution < -0.4 is 15.4 Å². The summed E-state index contributed by atoms with van der Waals surface area (Å²) in [6, 6.07) is 6.28. The van der Waals surface area contributed by atoms with E-state index in [-0.39, 0.29) is 5.75 Å². The van der Waals surface area contributed by atoms with Crippen molar-refractivity contribution in [1.82, 2.24) is 10.6 Å². The molecule has 0 fully saturated rings. The van der Waals surface area contributed by atoms with E-state index in [1.807, 2.05) is 6.07 Å². The maximum Gasteiger partial charge on any atom is 0.191 e. The molecule has 22 heavy (non-hydrogen) atoms. The van der Waals surface area contributed by atoms with Crippen LogP contribution in [0, 0.1) is 0 Å². The Bertz CT molecular complexity index is 641. The zero-order valence-electron chi connectivity index (χ0n) is 13.1. The third-order valence-corrected chi connectivity index (χ3v) is 4.39. The summed E-state index contributed by atoms with van der Waals surface area (Å²) in [4.78, 5) is 4.08. The Morgan fingerprint density at radius 3 is 2.82 bits per heavy atom. The highest BCUT2D eigenvalue weighted by Gasteiger charge is 2.11. The summed E-state index contributed by atoms with van der Waals surface area (Å²) in [6.45, 7) is 1.86. The number of hydrogen-bond acceptors (Lipinski definition) is 4. The van der Waals surface area contributed by atoms with Crippen LogP contribution in [0.3, 0.4) is 0 Å². The lowest BCUT2D eigenvalue weighted by molar-refractivity contribution is 0.357. The third kappa shape index (κ3) is 5.22. The molecule has 0 unspecified atom stereocenters. The van der Waals surface area contributed by atoms with E-state index in [9.17, 15) is 8.42 Å². The van der Waals surface area contributed by atoms with Crippen molar-refractivity contribution in [2.75, 3.05) is 38.8 Å². The van der Waals surface area contributed by atoms with Crippen molar-refractivity contribution in [2.24, 2.45) is 4.99 Å². The van der Waals surface area contributed by atoms with E-state index in [1.54, 1.807) is 7.05 Å². The topological polar surface area (TPSA) is 79.8 Å². The van der Waals surface area contributed by atoms with Gasteiger partial charge in [-0.3, -0.25) is 4.99 Å². The molecule has 0 saturated carbocycles. The van der Waals surface area contributed by atoms with Crippen LogP contribution in [0.5, 0.6) is 5.75 Å². The fourth-order valence-electron chi connectivity index (χ4n) is 2.30. The first kappa shape index (κ1) is 16.6. The predicted molar refractivity (Wildman–Crippen MR) is 88.4 cm³/mol. The van der Waals surface area contributed by atoms with Crippen LogP contribution in [0.4, 0.5) is 0 Å². The lowest BCUT2D eigenvalue weighted by atomic mass is 10.1. The number of fused-ring (bicyclic) bond motifs is 1. The van der Waals surface area contributed by atoms with Crippen LogP contribution in [0.2, 0.25) is 0 Å². The highest BCUT2D eigenvalue weighted by Crippen LogP contribution is 2.25. The van der Waals surface area contributed by atoms with Crippen molar-refractivity contribution < 1.29 is 13.2 Å². The Hall–Kier alpha value is -1.76. The summed E-state index contributed by atoms with van der Waals surface area (Å²) >= 11 is 0. The van der Waals surface area contributed by atoms with Crippen LogP contribution in [0.1, 0.15) is 11.1 Å². The minimum atomic E-state index is -2.95. The van der Waals surface area contributed by atoms with Crippen molar-refractivity contribution in [1.29, 1.82) is 0 Å². The van der Waals surface area contributed by atoms with E-state index < -0.39 is 9.84 Å². The molecule has 2 rings (SSSR count). The highest BCUT2D eigenvalue weighted by atomic mass is 32.2. The molecule has 0 spiro atoms. The largest absolute Gasteiger partial charge is 0.493 e. The molecule has 7 heteroatoms. The molecule has 1 aliphatic rings. The van der Waals surface area contributed by atoms with Crippen molar-refractivity contribution in [3.63, 3.8) is 0 Å². The number of ether oxygens (including phenoxy) is 1. The van der Waals surface area contributed by atoms with Gasteiger partial charge in [0, 0.05) is 32.8 Å². The van der Waals surface area contributed by atoms with Crippen LogP contribution >= 0.6 is 0 Å². The van der Waals surface area contributed by atoms with Crippen molar-refractivity contribution in [3.8, 4) is 5.75 Å². The van der Waals surface area contributed by atoms with Crippen LogP contribution in [0.25, 0.3) is 0 Å². The number of hydrogen-bond donors (Lipinski definition) is 2. The van der Waals surface area contributed by atoms with Gasteiger partial charge in [-0.2, -0.15) is 0 Å². The second-order valence-electron chi connectivity index (χ2n) is 5.35. The standard InChI is InChI=1S/C15H23N3O3S/c1-16-15(18-8-10-22(2,19)20)17-7-5-12-3-4-14-13(11-12)6-9-21-14/h3-4,11H,5-10H2,1-2H3,(H2,16,17,18). The molecule has 0 atom stereocenters. The van der Waals surface area contributed by atoms with E-state index in [0.29, 0.717) is 12.5 Å². The van der Waals surface area contributed by atoms with Crippen LogP contribution in [-0.2, 0) is 22.7 Å². The number of guanidine groups is 1. The lowest BCUT2D eigenvalue weighted by Crippen LogP contribution is -2.40. The van der Waals surface area contributed by atoms with Gasteiger partial charge in [0.25, 0.3) is 0 Å². The normalized spacial score (nSPS) is 14.4. The zero-order chi connectivity index (χ0) is 16.0. The summed E-state index contributed by atoms with van der Waals surface area (Å²) in [7, 11) is -1.29. The Kier molecular flexibility index (Phi) is 5.65. The van der Waals surface area contributed by atoms with Crippen molar-refractivity contribution in [3.05, 3.63) is 29.3 Å². The van der Waals surface area contributed by atoms with Crippen molar-refractivity contribution in [2.45, 2.75) is 12.8 Å². The van der Waals surface area contributed by atoms with E-state index >= 15 is 0 Å². The summed E-state index contributed by atoms with van der Waals surface area (Å²) in [5.41, 5.74) is 2.52. The molecule has 1 heterocycles. The number of benzene rings is 1. The van der Waals surface area contributed by atoms with Gasteiger partial charge < -0.3 is 15.4 Å². The number of nitrogens with one attached hydrogen (secondary N) is 2. The number of nitrogens with zero attached hydrogens (tertiary/aromatic N) is 1. The molecule has 1 aliphatic heterocycles. The molecule has 6 nitrogen and oxygen atoms in total. The maximum atomic E-state index is 11.1. The molecule has 2 N–H and O–H groups in total. The van der Waals surface area contributed by atoms with Gasteiger partial charge in [0.15, 0.2) is 5.96 Å². The third-order valence-electron chi connectivity index (χ3n) is 3.45. The highest BCUT2D eigenvalue weighted by molar-refractivity contribution is 7.90. The molecule has 0 aromatic heterocycles. The fraction of sp³-hybridized carbons (Fsp3) is 0.533. The first-order valence-corrected chi connectivity index (χ1v) is 9.41. The maximum absolute atomic E-state index is 11.1. The molecule has 1 aromatic rings. The van der Waals surface area contributed by atoms with Gasteiger partial charge >= 0.3 is 0 Å². The minimum Gasteiger partial charge on any atom is -0.493 e. The van der Waals surface area contributed by atoms with E-state index in [4.69, 9.17) is 4.74 Å². The molecule has 122 valence electrons. The van der Waals surface area contributed by atoms with Gasteiger partial charge in [-0.15, -0.1) is 0 Å². The lowest BCUT2D eigenvalue weighted by Gasteiger charge is -2.11. The van der Waals surface area contributed by atoms with Gasteiger partial charge in [0.2, 0.25) is 0 Å². The van der Waals surface area contributed by atoms with E-state index in [2.05, 4.69) is 27.8 Å². The van der Waals surface area contributed by atoms with Gasteiger partial charge in [-0.25, -0.2) is 8.42 Å². The smallest absolute Gasteiger partial charge is 0.191 e. The summed E-state index contributed by atoms with van der Waals surface area (Å²) < 4.78 is 27.7. The Balaban J connectivity index is 1.74. The quantitative estimate of drug-likeness (QED) is 0.584. The van der Waals surface area contributed by atoms with Gasteiger partial charge in [0.05, 0.1) is 12.4 Å². The molecular weight excluding hydrogens is 302 g/mol. The second kappa shape index (κ2) is 7.49. The predicted octanol–water partition coefficient (Wildman–Crippen LogP) is 0.374. The average Bonchev–Trinajstić information content (AvgIpc) is 2.92. The fourth-order valence-corrected chi connectivity index (χ4v) is 2.77. The van der Waals surface area contributed by atoms with Crippen LogP contribution in [0.15, 0.2) is 23.2 Å².